The number of hydrogen-bond acceptors (Lipinski definition) is 23. The van der Waals surface area contributed by atoms with Crippen molar-refractivity contribution in [3.8, 4) is 87.6 Å². The third-order valence-corrected chi connectivity index (χ3v) is 29.3. The van der Waals surface area contributed by atoms with Gasteiger partial charge in [-0.3, -0.25) is 75.3 Å². The number of aliphatic imine (C=N–C) groups is 4. The lowest BCUT2D eigenvalue weighted by Crippen LogP contribution is -2.45. The molecule has 8 aromatic rings. The molecule has 0 N–H and O–H groups in total. The number of carbonyl (C=O) groups is 4. The third kappa shape index (κ3) is 20.4. The largest absolute Gasteiger partial charge is 0.493 e. The Bertz CT molecular complexity index is 7430. The summed E-state index contributed by atoms with van der Waals surface area (Å²) >= 11 is 0. The van der Waals surface area contributed by atoms with E-state index in [1.54, 1.807) is 64.3 Å². The van der Waals surface area contributed by atoms with E-state index in [0.29, 0.717) is 104 Å². The van der Waals surface area contributed by atoms with Gasteiger partial charge in [0.05, 0.1) is 92.6 Å². The van der Waals surface area contributed by atoms with Crippen molar-refractivity contribution in [2.45, 2.75) is 285 Å². The molecule has 0 saturated heterocycles. The zero-order valence-corrected chi connectivity index (χ0v) is 81.4. The fraction of sp³-hybridized carbons (Fsp3) is 0.481. The molecule has 756 valence electrons. The molecule has 4 aromatic carbocycles. The Morgan fingerprint density at radius 2 is 0.589 bits per heavy atom. The van der Waals surface area contributed by atoms with E-state index in [1.807, 2.05) is 25.1 Å². The number of ether oxygens (including phenoxy) is 7. The number of amides is 4. The van der Waals surface area contributed by atoms with Gasteiger partial charge in [0.1, 0.15) is 34.8 Å². The summed E-state index contributed by atoms with van der Waals surface area (Å²) in [7, 11) is 4.46. The monoisotopic (exact) mass is 1990 g/mol. The summed E-state index contributed by atoms with van der Waals surface area (Å²) in [4.78, 5) is 181. The smallest absolute Gasteiger partial charge is 0.416 e. The summed E-state index contributed by atoms with van der Waals surface area (Å²) in [6, 6.07) is 19.6. The lowest BCUT2D eigenvalue weighted by Gasteiger charge is -2.35. The van der Waals surface area contributed by atoms with E-state index < -0.39 is 41.8 Å². The van der Waals surface area contributed by atoms with Gasteiger partial charge in [-0.15, -0.1) is 0 Å². The standard InChI is InChI=1S/C28H30N4O5.C27H27FN4O5.C27H28N4O5.C26H24F2N4O4/c1-17-8-13-23(24(15-17)36-2)37-28(35)30(19-6-3-7-19)14-4-5-18-16-22-25(29-18)31(20-9-10-20)27(34)32(26(22)33)21-11-12-21;1-36-23-14-16(28)7-12-22(23)37-27(35)30(18-5-2-6-18)13-3-4-17-15-21-24(29-17)31(19-8-9-19)26(34)32(25(21)33)20-10-11-20;1-35-22-9-2-3-10-23(22)36-27(34)29(18-7-4-8-18)15-5-6-17-16-21-24(28-17)30(19-11-12-19)26(33)31(25(21)32)20-13-14-20;27-21-11-10-19(14-22(21)28)36-26(35)30(16-4-1-5-16)12-2-3-15-13-20-23(29-15)31(17-6-7-17)25(34)32(24(20)33)18-8-9-18/h8,13,15,19-21H,3,6-7,9-12,14,16H2,1-2H3;7,12,14,18-20H,2,5-6,8-11,13,15H2,1H3;2-3,9-10,18-20H,4,7-8,11-16H2,1H3;10-11,14,16-18H,1,4-9,12-13H2. The van der Waals surface area contributed by atoms with Crippen LogP contribution in [0.2, 0.25) is 0 Å². The van der Waals surface area contributed by atoms with Crippen LogP contribution in [0.3, 0.4) is 0 Å². The molecule has 12 aliphatic carbocycles. The molecule has 4 aliphatic heterocycles. The Morgan fingerprint density at radius 1 is 0.315 bits per heavy atom. The van der Waals surface area contributed by atoms with Crippen LogP contribution in [-0.2, 0) is 25.7 Å². The van der Waals surface area contributed by atoms with Gasteiger partial charge >= 0.3 is 47.1 Å². The maximum absolute atomic E-state index is 13.5. The van der Waals surface area contributed by atoms with Gasteiger partial charge in [0.15, 0.2) is 46.1 Å². The van der Waals surface area contributed by atoms with Crippen molar-refractivity contribution in [3.63, 3.8) is 0 Å². The SMILES string of the molecule is COc1cc(C)ccc1OC(=O)N(CC#CC1=Nc2c(c(=O)n(C3CC3)c(=O)n2C2CC2)C1)C1CCC1.COc1cc(F)ccc1OC(=O)N(CC#CC1=Nc2c(c(=O)n(C3CC3)c(=O)n2C2CC2)C1)C1CCC1.COc1ccccc1OC(=O)N(CC#CC1=Nc2c(c(=O)n(C3CC3)c(=O)n2C2CC2)C1)C1CCC1.O=C(Oc1ccc(F)c(F)c1)N(CC#CC1=Nc2c(c(=O)n(C3CC3)c(=O)n2C2CC2)C1)C1CCC1. The van der Waals surface area contributed by atoms with Gasteiger partial charge in [0, 0.05) is 110 Å². The first-order valence-corrected chi connectivity index (χ1v) is 50.7. The molecule has 12 saturated carbocycles. The molecule has 0 bridgehead atoms. The molecule has 0 radical (unpaired) electrons. The number of rotatable bonds is 23. The average Bonchev–Trinajstić information content (AvgIpc) is 1.59. The summed E-state index contributed by atoms with van der Waals surface area (Å²) in [5.41, 5.74) is 3.24. The van der Waals surface area contributed by atoms with E-state index in [4.69, 9.17) is 33.2 Å². The molecule has 8 heterocycles. The number of fused-ring (bicyclic) bond motifs is 4. The minimum absolute atomic E-state index is 0.00162. The van der Waals surface area contributed by atoms with Crippen LogP contribution in [0.15, 0.2) is 137 Å². The minimum atomic E-state index is -1.10. The predicted octanol–water partition coefficient (Wildman–Crippen LogP) is 14.2. The first-order valence-electron chi connectivity index (χ1n) is 50.7. The van der Waals surface area contributed by atoms with Gasteiger partial charge < -0.3 is 33.2 Å². The van der Waals surface area contributed by atoms with Crippen molar-refractivity contribution in [2.24, 2.45) is 20.0 Å². The maximum Gasteiger partial charge on any atom is 0.416 e. The van der Waals surface area contributed by atoms with Gasteiger partial charge in [-0.2, -0.15) is 0 Å². The van der Waals surface area contributed by atoms with Crippen LogP contribution in [0.4, 0.5) is 55.6 Å². The second-order valence-electron chi connectivity index (χ2n) is 40.0. The summed E-state index contributed by atoms with van der Waals surface area (Å²) < 4.78 is 90.5. The van der Waals surface area contributed by atoms with E-state index in [-0.39, 0.29) is 174 Å². The zero-order chi connectivity index (χ0) is 101. The fourth-order valence-electron chi connectivity index (χ4n) is 19.2. The Balaban J connectivity index is 0.000000114. The van der Waals surface area contributed by atoms with Crippen molar-refractivity contribution in [2.75, 3.05) is 47.5 Å². The first kappa shape index (κ1) is 96.9. The molecule has 0 spiro atoms. The van der Waals surface area contributed by atoms with Gasteiger partial charge in [-0.05, 0) is 264 Å². The predicted molar refractivity (Wildman–Crippen MR) is 532 cm³/mol. The Labute approximate surface area is 835 Å². The molecule has 38 heteroatoms. The molecule has 16 aliphatic rings. The van der Waals surface area contributed by atoms with Crippen LogP contribution in [0.5, 0.6) is 40.2 Å². The number of para-hydroxylation sites is 2. The number of nitrogens with zero attached hydrogens (tertiary/aromatic N) is 16. The van der Waals surface area contributed by atoms with Gasteiger partial charge in [-0.1, -0.05) is 41.9 Å². The van der Waals surface area contributed by atoms with Crippen LogP contribution in [0.25, 0.3) is 0 Å². The van der Waals surface area contributed by atoms with E-state index >= 15 is 0 Å². The molecule has 4 amide bonds. The van der Waals surface area contributed by atoms with Crippen LogP contribution >= 0.6 is 0 Å². The van der Waals surface area contributed by atoms with Crippen LogP contribution in [0.1, 0.15) is 256 Å². The lowest BCUT2D eigenvalue weighted by atomic mass is 9.92. The fourth-order valence-corrected chi connectivity index (χ4v) is 19.2. The van der Waals surface area contributed by atoms with Crippen LogP contribution in [0, 0.1) is 71.7 Å². The second kappa shape index (κ2) is 40.8. The van der Waals surface area contributed by atoms with Gasteiger partial charge in [-0.25, -0.2) is 71.5 Å². The number of carbonyl (C=O) groups excluding carboxylic acids is 4. The molecule has 35 nitrogen and oxygen atoms in total. The normalized spacial score (nSPS) is 18.4. The Morgan fingerprint density at radius 3 is 0.870 bits per heavy atom. The third-order valence-electron chi connectivity index (χ3n) is 29.3. The molecular formula is C108H109F3N16O19. The molecule has 24 rings (SSSR count). The van der Waals surface area contributed by atoms with E-state index in [9.17, 15) is 70.7 Å². The topological polar surface area (TPSA) is 371 Å². The van der Waals surface area contributed by atoms with Crippen LogP contribution in [-0.4, -0.2) is 175 Å². The van der Waals surface area contributed by atoms with E-state index in [2.05, 4.69) is 67.3 Å². The summed E-state index contributed by atoms with van der Waals surface area (Å²) in [5, 5.41) is 0. The number of methoxy groups -OCH3 is 3. The number of hydrogen-bond donors (Lipinski definition) is 0. The van der Waals surface area contributed by atoms with Crippen LogP contribution < -0.4 is 78.2 Å². The molecule has 4 aromatic heterocycles. The van der Waals surface area contributed by atoms with E-state index in [0.717, 1.165) is 204 Å². The Hall–Kier alpha value is -15.2. The molecule has 12 fully saturated rings. The quantitative estimate of drug-likeness (QED) is 0.0537. The second-order valence-corrected chi connectivity index (χ2v) is 40.0. The van der Waals surface area contributed by atoms with Gasteiger partial charge in [0.25, 0.3) is 22.2 Å². The molecule has 0 atom stereocenters. The number of halogens is 3. The van der Waals surface area contributed by atoms with Crippen molar-refractivity contribution in [1.29, 1.82) is 0 Å². The van der Waals surface area contributed by atoms with Crippen molar-refractivity contribution >= 4 is 70.5 Å². The average molecular weight is 1990 g/mol. The highest BCUT2D eigenvalue weighted by Crippen LogP contribution is 2.47. The number of aromatic nitrogens is 8. The number of benzene rings is 4. The van der Waals surface area contributed by atoms with Gasteiger partial charge in [0.2, 0.25) is 0 Å². The van der Waals surface area contributed by atoms with Crippen molar-refractivity contribution in [1.82, 2.24) is 56.1 Å². The minimum Gasteiger partial charge on any atom is -0.493 e. The number of aryl methyl sites for hydroxylation is 1. The maximum atomic E-state index is 13.5. The summed E-state index contributed by atoms with van der Waals surface area (Å²) in [5.74, 6) is 25.4. The van der Waals surface area contributed by atoms with Crippen molar-refractivity contribution in [3.05, 3.63) is 207 Å². The van der Waals surface area contributed by atoms with E-state index in [1.165, 1.54) is 55.6 Å². The zero-order valence-electron chi connectivity index (χ0n) is 81.4. The highest BCUT2D eigenvalue weighted by Gasteiger charge is 2.45. The summed E-state index contributed by atoms with van der Waals surface area (Å²) in [6.07, 6.45) is 24.1. The highest BCUT2D eigenvalue weighted by molar-refractivity contribution is 6.08. The molecule has 146 heavy (non-hydrogen) atoms. The summed E-state index contributed by atoms with van der Waals surface area (Å²) in [6.45, 7) is 2.50. The molecule has 0 unspecified atom stereocenters. The molecular weight excluding hydrogens is 1880 g/mol. The van der Waals surface area contributed by atoms with Crippen molar-refractivity contribution < 1.29 is 65.5 Å². The lowest BCUT2D eigenvalue weighted by molar-refractivity contribution is 0.111. The first-order chi connectivity index (χ1) is 70.8. The Kier molecular flexibility index (Phi) is 27.1. The highest BCUT2D eigenvalue weighted by atomic mass is 19.2.